The van der Waals surface area contributed by atoms with Gasteiger partial charge in [0.05, 0.1) is 6.61 Å². The fraction of sp³-hybridized carbons (Fsp3) is 0.312. The molecule has 6 nitrogen and oxygen atoms in total. The number of amides is 1. The number of aromatic nitrogens is 2. The topological polar surface area (TPSA) is 76.1 Å². The summed E-state index contributed by atoms with van der Waals surface area (Å²) in [5.41, 5.74) is 2.73. The Morgan fingerprint density at radius 2 is 2.09 bits per heavy atom. The minimum absolute atomic E-state index is 0.238. The maximum Gasteiger partial charge on any atom is 0.270 e. The Balaban J connectivity index is 1.96. The number of ether oxygens (including phenoxy) is 1. The second-order valence-corrected chi connectivity index (χ2v) is 4.82. The first-order valence-electron chi connectivity index (χ1n) is 7.08. The van der Waals surface area contributed by atoms with Gasteiger partial charge in [0.1, 0.15) is 17.8 Å². The maximum atomic E-state index is 11.9. The van der Waals surface area contributed by atoms with E-state index in [0.29, 0.717) is 31.2 Å². The summed E-state index contributed by atoms with van der Waals surface area (Å²) in [4.78, 5) is 20.0. The van der Waals surface area contributed by atoms with Crippen LogP contribution in [0.15, 0.2) is 36.7 Å². The molecule has 22 heavy (non-hydrogen) atoms. The number of nitrogens with one attached hydrogen (secondary N) is 2. The molecule has 1 aromatic carbocycles. The monoisotopic (exact) mass is 300 g/mol. The number of carbonyl (C=O) groups is 1. The van der Waals surface area contributed by atoms with Crippen LogP contribution in [0.4, 0.5) is 5.82 Å². The van der Waals surface area contributed by atoms with Crippen LogP contribution in [0.1, 0.15) is 21.6 Å². The number of anilines is 1. The van der Waals surface area contributed by atoms with Gasteiger partial charge >= 0.3 is 0 Å². The number of rotatable bonds is 7. The minimum atomic E-state index is -0.238. The Morgan fingerprint density at radius 3 is 2.86 bits per heavy atom. The summed E-state index contributed by atoms with van der Waals surface area (Å²) >= 11 is 0. The molecule has 0 bridgehead atoms. The molecule has 0 aliphatic carbocycles. The molecule has 0 spiro atoms. The van der Waals surface area contributed by atoms with Gasteiger partial charge in [-0.1, -0.05) is 24.3 Å². The van der Waals surface area contributed by atoms with Crippen molar-refractivity contribution < 1.29 is 9.53 Å². The molecule has 116 valence electrons. The summed E-state index contributed by atoms with van der Waals surface area (Å²) in [7, 11) is 1.59. The van der Waals surface area contributed by atoms with E-state index in [0.717, 1.165) is 0 Å². The normalized spacial score (nSPS) is 10.3. The molecule has 0 saturated heterocycles. The molecule has 2 rings (SSSR count). The summed E-state index contributed by atoms with van der Waals surface area (Å²) in [6, 6.07) is 9.76. The zero-order valence-corrected chi connectivity index (χ0v) is 12.8. The molecule has 0 unspecified atom stereocenters. The van der Waals surface area contributed by atoms with Crippen molar-refractivity contribution in [3.8, 4) is 0 Å². The first-order valence-corrected chi connectivity index (χ1v) is 7.08. The Kier molecular flexibility index (Phi) is 5.85. The van der Waals surface area contributed by atoms with Gasteiger partial charge in [-0.25, -0.2) is 9.97 Å². The molecule has 1 amide bonds. The van der Waals surface area contributed by atoms with Crippen molar-refractivity contribution in [1.82, 2.24) is 15.3 Å². The van der Waals surface area contributed by atoms with Crippen LogP contribution in [0.25, 0.3) is 0 Å². The predicted octanol–water partition coefficient (Wildman–Crippen LogP) is 1.77. The molecule has 0 atom stereocenters. The van der Waals surface area contributed by atoms with E-state index in [9.17, 15) is 4.79 Å². The number of benzene rings is 1. The zero-order chi connectivity index (χ0) is 15.8. The van der Waals surface area contributed by atoms with E-state index >= 15 is 0 Å². The van der Waals surface area contributed by atoms with Gasteiger partial charge in [0.2, 0.25) is 0 Å². The average molecular weight is 300 g/mol. The highest BCUT2D eigenvalue weighted by Crippen LogP contribution is 2.10. The van der Waals surface area contributed by atoms with Gasteiger partial charge in [0, 0.05) is 26.3 Å². The highest BCUT2D eigenvalue weighted by Gasteiger charge is 2.08. The number of methoxy groups -OCH3 is 1. The van der Waals surface area contributed by atoms with E-state index < -0.39 is 0 Å². The molecule has 0 aliphatic rings. The molecule has 2 aromatic rings. The highest BCUT2D eigenvalue weighted by atomic mass is 16.5. The van der Waals surface area contributed by atoms with Gasteiger partial charge in [0.25, 0.3) is 5.91 Å². The van der Waals surface area contributed by atoms with Crippen LogP contribution in [0, 0.1) is 6.92 Å². The van der Waals surface area contributed by atoms with E-state index in [1.165, 1.54) is 17.5 Å². The summed E-state index contributed by atoms with van der Waals surface area (Å²) in [6.45, 7) is 3.63. The van der Waals surface area contributed by atoms with Gasteiger partial charge in [0.15, 0.2) is 0 Å². The van der Waals surface area contributed by atoms with Crippen LogP contribution in [-0.2, 0) is 11.3 Å². The molecule has 1 aromatic heterocycles. The van der Waals surface area contributed by atoms with E-state index in [4.69, 9.17) is 4.74 Å². The first-order chi connectivity index (χ1) is 10.7. The van der Waals surface area contributed by atoms with E-state index in [1.807, 2.05) is 12.1 Å². The molecule has 0 saturated carbocycles. The standard InChI is InChI=1S/C16H20N4O2/c1-12-5-3-4-6-13(12)10-18-15-9-14(19-11-20-15)16(21)17-7-8-22-2/h3-6,9,11H,7-8,10H2,1-2H3,(H,17,21)(H,18,19,20). The fourth-order valence-corrected chi connectivity index (χ4v) is 1.93. The van der Waals surface area contributed by atoms with Crippen LogP contribution in [-0.4, -0.2) is 36.1 Å². The van der Waals surface area contributed by atoms with Crippen molar-refractivity contribution in [3.63, 3.8) is 0 Å². The van der Waals surface area contributed by atoms with Crippen molar-refractivity contribution in [2.75, 3.05) is 25.6 Å². The fourth-order valence-electron chi connectivity index (χ4n) is 1.93. The van der Waals surface area contributed by atoms with E-state index in [1.54, 1.807) is 13.2 Å². The molecule has 2 N–H and O–H groups in total. The lowest BCUT2D eigenvalue weighted by molar-refractivity contribution is 0.0932. The maximum absolute atomic E-state index is 11.9. The molecule has 1 heterocycles. The third kappa shape index (κ3) is 4.53. The van der Waals surface area contributed by atoms with Gasteiger partial charge in [-0.15, -0.1) is 0 Å². The second-order valence-electron chi connectivity index (χ2n) is 4.82. The second kappa shape index (κ2) is 8.09. The quantitative estimate of drug-likeness (QED) is 0.762. The third-order valence-corrected chi connectivity index (χ3v) is 3.21. The van der Waals surface area contributed by atoms with E-state index in [-0.39, 0.29) is 5.91 Å². The Morgan fingerprint density at radius 1 is 1.27 bits per heavy atom. The van der Waals surface area contributed by atoms with Crippen molar-refractivity contribution >= 4 is 11.7 Å². The van der Waals surface area contributed by atoms with Gasteiger partial charge in [-0.05, 0) is 18.1 Å². The lowest BCUT2D eigenvalue weighted by Crippen LogP contribution is -2.27. The molecule has 0 fully saturated rings. The van der Waals surface area contributed by atoms with Gasteiger partial charge in [-0.3, -0.25) is 4.79 Å². The van der Waals surface area contributed by atoms with Crippen LogP contribution in [0.2, 0.25) is 0 Å². The van der Waals surface area contributed by atoms with Crippen LogP contribution >= 0.6 is 0 Å². The largest absolute Gasteiger partial charge is 0.383 e. The minimum Gasteiger partial charge on any atom is -0.383 e. The molecule has 0 aliphatic heterocycles. The summed E-state index contributed by atoms with van der Waals surface area (Å²) < 4.78 is 4.89. The Bertz CT molecular complexity index is 631. The molecule has 6 heteroatoms. The Hall–Kier alpha value is -2.47. The van der Waals surface area contributed by atoms with Gasteiger partial charge < -0.3 is 15.4 Å². The lowest BCUT2D eigenvalue weighted by Gasteiger charge is -2.09. The van der Waals surface area contributed by atoms with E-state index in [2.05, 4.69) is 39.7 Å². The van der Waals surface area contributed by atoms with Crippen molar-refractivity contribution in [1.29, 1.82) is 0 Å². The molecular formula is C16H20N4O2. The lowest BCUT2D eigenvalue weighted by atomic mass is 10.1. The smallest absolute Gasteiger partial charge is 0.270 e. The van der Waals surface area contributed by atoms with Crippen LogP contribution < -0.4 is 10.6 Å². The highest BCUT2D eigenvalue weighted by molar-refractivity contribution is 5.92. The number of carbonyl (C=O) groups excluding carboxylic acids is 1. The first kappa shape index (κ1) is 15.9. The third-order valence-electron chi connectivity index (χ3n) is 3.21. The summed E-state index contributed by atoms with van der Waals surface area (Å²) in [6.07, 6.45) is 1.38. The van der Waals surface area contributed by atoms with Crippen molar-refractivity contribution in [3.05, 3.63) is 53.5 Å². The van der Waals surface area contributed by atoms with Crippen LogP contribution in [0.3, 0.4) is 0 Å². The van der Waals surface area contributed by atoms with Crippen molar-refractivity contribution in [2.45, 2.75) is 13.5 Å². The predicted molar refractivity (Wildman–Crippen MR) is 84.7 cm³/mol. The zero-order valence-electron chi connectivity index (χ0n) is 12.8. The number of hydrogen-bond acceptors (Lipinski definition) is 5. The summed E-state index contributed by atoms with van der Waals surface area (Å²) in [5, 5.41) is 5.94. The molecule has 0 radical (unpaired) electrons. The SMILES string of the molecule is COCCNC(=O)c1cc(NCc2ccccc2C)ncn1. The number of aryl methyl sites for hydroxylation is 1. The number of hydrogen-bond donors (Lipinski definition) is 2. The average Bonchev–Trinajstić information content (AvgIpc) is 2.54. The number of nitrogens with zero attached hydrogens (tertiary/aromatic N) is 2. The van der Waals surface area contributed by atoms with Crippen LogP contribution in [0.5, 0.6) is 0 Å². The molecular weight excluding hydrogens is 280 g/mol. The van der Waals surface area contributed by atoms with Gasteiger partial charge in [-0.2, -0.15) is 0 Å². The summed E-state index contributed by atoms with van der Waals surface area (Å²) in [5.74, 6) is 0.383. The Labute approximate surface area is 129 Å². The van der Waals surface area contributed by atoms with Crippen molar-refractivity contribution in [2.24, 2.45) is 0 Å².